The second-order valence-corrected chi connectivity index (χ2v) is 13.9. The van der Waals surface area contributed by atoms with Crippen LogP contribution in [0, 0.1) is 0 Å². The number of pyridine rings is 1. The summed E-state index contributed by atoms with van der Waals surface area (Å²) in [5, 5.41) is 4.29. The molecule has 2 heterocycles. The zero-order chi connectivity index (χ0) is 36.2. The molecule has 1 unspecified atom stereocenters. The molecule has 0 radical (unpaired) electrons. The molecule has 2 aromatic carbocycles. The van der Waals surface area contributed by atoms with Gasteiger partial charge in [-0.25, -0.2) is 17.8 Å². The van der Waals surface area contributed by atoms with E-state index >= 15 is 0 Å². The minimum absolute atomic E-state index is 0.0239. The van der Waals surface area contributed by atoms with E-state index in [9.17, 15) is 48.7 Å². The smallest absolute Gasteiger partial charge is 0.406 e. The number of nitrogens with zero attached hydrogens (tertiary/aromatic N) is 2. The van der Waals surface area contributed by atoms with Gasteiger partial charge in [-0.15, -0.1) is 13.2 Å². The van der Waals surface area contributed by atoms with E-state index in [-0.39, 0.29) is 41.1 Å². The maximum absolute atomic E-state index is 14.9. The summed E-state index contributed by atoms with van der Waals surface area (Å²) >= 11 is 0. The minimum Gasteiger partial charge on any atom is -0.406 e. The molecule has 1 aliphatic rings. The Hall–Kier alpha value is -4.09. The number of nitrogens with one attached hydrogen (secondary N) is 2. The lowest BCUT2D eigenvalue weighted by Gasteiger charge is -2.31. The van der Waals surface area contributed by atoms with Crippen LogP contribution in [0.2, 0.25) is 0 Å². The van der Waals surface area contributed by atoms with E-state index in [1.165, 1.54) is 48.7 Å². The number of benzene rings is 2. The lowest BCUT2D eigenvalue weighted by molar-refractivity contribution is -0.274. The summed E-state index contributed by atoms with van der Waals surface area (Å²) in [5.74, 6) is -2.34. The molecule has 49 heavy (non-hydrogen) atoms. The standard InChI is InChI=1S/C32H33F7N4O5S/c1-30(2,33)18-25(29(45)42-24-9-6-16-43(19-26(24)44)49(46,47)27-10-3-4-15-40-27)41-28(31(34,35)36)21-13-11-20(12-14-21)22-7-5-8-23(17-22)48-32(37,38)39/h3-5,7-8,10-15,17,24-25,28,41H,6,9,16,18-19H2,1-2H3,(H,42,45)/t24?,25-,28-/m0/s1. The van der Waals surface area contributed by atoms with Crippen LogP contribution in [-0.2, 0) is 19.6 Å². The number of Topliss-reactive ketones (excluding diaryl/α,β-unsaturated/α-hetero) is 1. The topological polar surface area (TPSA) is 118 Å². The van der Waals surface area contributed by atoms with Crippen molar-refractivity contribution < 1.29 is 53.5 Å². The predicted molar refractivity (Wildman–Crippen MR) is 163 cm³/mol. The van der Waals surface area contributed by atoms with Crippen LogP contribution in [0.3, 0.4) is 0 Å². The number of ether oxygens (including phenoxy) is 1. The van der Waals surface area contributed by atoms with Crippen molar-refractivity contribution >= 4 is 21.7 Å². The number of rotatable bonds is 11. The van der Waals surface area contributed by atoms with Crippen LogP contribution in [0.15, 0.2) is 78.0 Å². The zero-order valence-corrected chi connectivity index (χ0v) is 27.0. The Balaban J connectivity index is 1.53. The predicted octanol–water partition coefficient (Wildman–Crippen LogP) is 5.89. The Bertz CT molecular complexity index is 1710. The third-order valence-corrected chi connectivity index (χ3v) is 9.29. The first kappa shape index (κ1) is 37.7. The number of alkyl halides is 7. The van der Waals surface area contributed by atoms with E-state index in [1.54, 1.807) is 0 Å². The van der Waals surface area contributed by atoms with Crippen LogP contribution in [0.25, 0.3) is 11.1 Å². The van der Waals surface area contributed by atoms with Crippen LogP contribution in [-0.4, -0.2) is 72.8 Å². The van der Waals surface area contributed by atoms with Gasteiger partial charge in [0.1, 0.15) is 17.5 Å². The van der Waals surface area contributed by atoms with Gasteiger partial charge < -0.3 is 10.1 Å². The Morgan fingerprint density at radius 1 is 0.980 bits per heavy atom. The van der Waals surface area contributed by atoms with Crippen molar-refractivity contribution in [1.82, 2.24) is 19.9 Å². The van der Waals surface area contributed by atoms with Gasteiger partial charge in [0.2, 0.25) is 5.91 Å². The summed E-state index contributed by atoms with van der Waals surface area (Å²) in [4.78, 5) is 30.3. The minimum atomic E-state index is -5.00. The van der Waals surface area contributed by atoms with Gasteiger partial charge in [-0.2, -0.15) is 17.5 Å². The highest BCUT2D eigenvalue weighted by molar-refractivity contribution is 7.89. The van der Waals surface area contributed by atoms with Gasteiger partial charge in [-0.05, 0) is 67.6 Å². The highest BCUT2D eigenvalue weighted by Gasteiger charge is 2.44. The third-order valence-electron chi connectivity index (χ3n) is 7.53. The van der Waals surface area contributed by atoms with E-state index in [1.807, 2.05) is 0 Å². The normalized spacial score (nSPS) is 18.0. The van der Waals surface area contributed by atoms with Crippen molar-refractivity contribution in [2.24, 2.45) is 0 Å². The number of carbonyl (C=O) groups excluding carboxylic acids is 2. The molecular formula is C32H33F7N4O5S. The van der Waals surface area contributed by atoms with Crippen molar-refractivity contribution in [2.75, 3.05) is 13.1 Å². The fourth-order valence-electron chi connectivity index (χ4n) is 5.29. The van der Waals surface area contributed by atoms with Crippen LogP contribution >= 0.6 is 0 Å². The van der Waals surface area contributed by atoms with Crippen LogP contribution in [0.5, 0.6) is 5.75 Å². The Morgan fingerprint density at radius 3 is 2.27 bits per heavy atom. The van der Waals surface area contributed by atoms with Gasteiger partial charge >= 0.3 is 12.5 Å². The summed E-state index contributed by atoms with van der Waals surface area (Å²) in [6, 6.07) is 8.14. The molecule has 1 saturated heterocycles. The van der Waals surface area contributed by atoms with Crippen LogP contribution in [0.1, 0.15) is 44.7 Å². The Labute approximate surface area is 277 Å². The summed E-state index contributed by atoms with van der Waals surface area (Å²) < 4.78 is 127. The van der Waals surface area contributed by atoms with Gasteiger partial charge in [-0.3, -0.25) is 14.9 Å². The molecule has 2 N–H and O–H groups in total. The van der Waals surface area contributed by atoms with Gasteiger partial charge in [0.05, 0.1) is 18.6 Å². The molecule has 1 aromatic heterocycles. The molecule has 266 valence electrons. The fraction of sp³-hybridized carbons (Fsp3) is 0.406. The van der Waals surface area contributed by atoms with E-state index in [4.69, 9.17) is 0 Å². The first-order valence-electron chi connectivity index (χ1n) is 14.9. The van der Waals surface area contributed by atoms with Crippen molar-refractivity contribution in [3.05, 3.63) is 78.5 Å². The third kappa shape index (κ3) is 10.4. The lowest BCUT2D eigenvalue weighted by atomic mass is 9.96. The van der Waals surface area contributed by atoms with Gasteiger partial charge in [-0.1, -0.05) is 42.5 Å². The molecule has 0 bridgehead atoms. The highest BCUT2D eigenvalue weighted by atomic mass is 32.2. The average molecular weight is 719 g/mol. The molecule has 4 rings (SSSR count). The van der Waals surface area contributed by atoms with Gasteiger partial charge in [0.25, 0.3) is 10.0 Å². The van der Waals surface area contributed by atoms with Crippen LogP contribution < -0.4 is 15.4 Å². The maximum Gasteiger partial charge on any atom is 0.573 e. The summed E-state index contributed by atoms with van der Waals surface area (Å²) in [5.41, 5.74) is -2.03. The summed E-state index contributed by atoms with van der Waals surface area (Å²) in [7, 11) is -4.15. The maximum atomic E-state index is 14.9. The largest absolute Gasteiger partial charge is 0.573 e. The van der Waals surface area contributed by atoms with Crippen molar-refractivity contribution in [3.63, 3.8) is 0 Å². The molecule has 17 heteroatoms. The zero-order valence-electron chi connectivity index (χ0n) is 26.2. The van der Waals surface area contributed by atoms with Crippen molar-refractivity contribution in [1.29, 1.82) is 0 Å². The Morgan fingerprint density at radius 2 is 1.67 bits per heavy atom. The van der Waals surface area contributed by atoms with Crippen molar-refractivity contribution in [2.45, 2.75) is 74.5 Å². The molecule has 3 aromatic rings. The monoisotopic (exact) mass is 718 g/mol. The molecule has 1 fully saturated rings. The quantitative estimate of drug-likeness (QED) is 0.238. The number of amides is 1. The second-order valence-electron chi connectivity index (χ2n) is 12.0. The molecule has 9 nitrogen and oxygen atoms in total. The van der Waals surface area contributed by atoms with Crippen molar-refractivity contribution in [3.8, 4) is 16.9 Å². The van der Waals surface area contributed by atoms with E-state index in [0.717, 1.165) is 42.4 Å². The number of halogens is 7. The number of aromatic nitrogens is 1. The number of carbonyl (C=O) groups is 2. The van der Waals surface area contributed by atoms with E-state index in [2.05, 4.69) is 20.4 Å². The fourth-order valence-corrected chi connectivity index (χ4v) is 6.67. The van der Waals surface area contributed by atoms with E-state index < -0.39 is 76.8 Å². The molecule has 1 aliphatic heterocycles. The summed E-state index contributed by atoms with van der Waals surface area (Å²) in [6.45, 7) is 1.43. The van der Waals surface area contributed by atoms with Gasteiger partial charge in [0, 0.05) is 19.2 Å². The Kier molecular flexibility index (Phi) is 11.4. The number of hydrogen-bond donors (Lipinski definition) is 2. The average Bonchev–Trinajstić information content (AvgIpc) is 3.19. The molecule has 0 spiro atoms. The van der Waals surface area contributed by atoms with Gasteiger partial charge in [0.15, 0.2) is 10.8 Å². The van der Waals surface area contributed by atoms with Crippen LogP contribution in [0.4, 0.5) is 30.7 Å². The second kappa shape index (κ2) is 14.8. The SMILES string of the molecule is CC(C)(F)C[C@H](N[C@@H](c1ccc(-c2cccc(OC(F)(F)F)c2)cc1)C(F)(F)F)C(=O)NC1CCCN(S(=O)(=O)c2ccccn2)CC1=O. The highest BCUT2D eigenvalue weighted by Crippen LogP contribution is 2.36. The molecule has 1 amide bonds. The number of hydrogen-bond acceptors (Lipinski definition) is 7. The molecule has 3 atom stereocenters. The molecule has 0 aliphatic carbocycles. The first-order valence-corrected chi connectivity index (χ1v) is 16.4. The lowest BCUT2D eigenvalue weighted by Crippen LogP contribution is -2.54. The number of sulfonamides is 1. The molecular weight excluding hydrogens is 685 g/mol. The summed E-state index contributed by atoms with van der Waals surface area (Å²) in [6.07, 6.45) is -9.30. The molecule has 0 saturated carbocycles. The number of ketones is 1. The first-order chi connectivity index (χ1) is 22.7. The van der Waals surface area contributed by atoms with E-state index in [0.29, 0.717) is 0 Å².